The number of benzene rings is 1. The van der Waals surface area contributed by atoms with Gasteiger partial charge in [0.2, 0.25) is 0 Å². The Morgan fingerprint density at radius 2 is 2.00 bits per heavy atom. The van der Waals surface area contributed by atoms with Crippen molar-refractivity contribution in [1.82, 2.24) is 4.90 Å². The third-order valence-electron chi connectivity index (χ3n) is 3.94. The summed E-state index contributed by atoms with van der Waals surface area (Å²) in [4.78, 5) is 17.7. The molecule has 0 radical (unpaired) electrons. The van der Waals surface area contributed by atoms with E-state index >= 15 is 0 Å². The minimum Gasteiger partial charge on any atom is -0.493 e. The van der Waals surface area contributed by atoms with Crippen molar-refractivity contribution in [1.29, 1.82) is 0 Å². The van der Waals surface area contributed by atoms with E-state index < -0.39 is 0 Å². The van der Waals surface area contributed by atoms with Gasteiger partial charge in [0.05, 0.1) is 26.9 Å². The van der Waals surface area contributed by atoms with Gasteiger partial charge in [-0.3, -0.25) is 9.79 Å². The van der Waals surface area contributed by atoms with Crippen LogP contribution in [0.25, 0.3) is 0 Å². The Labute approximate surface area is 171 Å². The first-order valence-corrected chi connectivity index (χ1v) is 8.10. The van der Waals surface area contributed by atoms with Crippen molar-refractivity contribution in [3.63, 3.8) is 0 Å². The van der Waals surface area contributed by atoms with Gasteiger partial charge in [0.25, 0.3) is 5.91 Å². The second-order valence-corrected chi connectivity index (χ2v) is 5.98. The molecular formula is C17H27IN4O4. The van der Waals surface area contributed by atoms with E-state index in [-0.39, 0.29) is 48.1 Å². The standard InChI is InChI=1S/C17H26N4O4.HI/c1-21(2)16(22)14-8-6-12(25-14)10-19-17(18)20-11-5-7-13(23-3)15(9-11)24-4;/h5,7,9,12,14H,6,8,10H2,1-4H3,(H3,18,19,20);1H. The predicted octanol–water partition coefficient (Wildman–Crippen LogP) is 1.68. The van der Waals surface area contributed by atoms with E-state index in [1.807, 2.05) is 6.07 Å². The zero-order chi connectivity index (χ0) is 18.4. The van der Waals surface area contributed by atoms with E-state index in [0.717, 1.165) is 12.1 Å². The first-order chi connectivity index (χ1) is 11.9. The van der Waals surface area contributed by atoms with Gasteiger partial charge in [-0.2, -0.15) is 0 Å². The number of ether oxygens (including phenoxy) is 3. The minimum atomic E-state index is -0.379. The largest absolute Gasteiger partial charge is 0.493 e. The van der Waals surface area contributed by atoms with E-state index in [4.69, 9.17) is 19.9 Å². The molecular weight excluding hydrogens is 451 g/mol. The molecule has 8 nitrogen and oxygen atoms in total. The zero-order valence-electron chi connectivity index (χ0n) is 15.5. The summed E-state index contributed by atoms with van der Waals surface area (Å²) in [6.45, 7) is 0.406. The van der Waals surface area contributed by atoms with Gasteiger partial charge < -0.3 is 30.2 Å². The number of amides is 1. The first kappa shape index (κ1) is 22.3. The number of nitrogens with one attached hydrogen (secondary N) is 1. The first-order valence-electron chi connectivity index (χ1n) is 8.10. The van der Waals surface area contributed by atoms with E-state index in [1.54, 1.807) is 45.3 Å². The highest BCUT2D eigenvalue weighted by molar-refractivity contribution is 14.0. The summed E-state index contributed by atoms with van der Waals surface area (Å²) >= 11 is 0. The second-order valence-electron chi connectivity index (χ2n) is 5.98. The number of nitrogens with zero attached hydrogens (tertiary/aromatic N) is 2. The summed E-state index contributed by atoms with van der Waals surface area (Å²) in [5.41, 5.74) is 6.67. The molecule has 1 amide bonds. The van der Waals surface area contributed by atoms with Crippen molar-refractivity contribution < 1.29 is 19.0 Å². The number of carbonyl (C=O) groups excluding carboxylic acids is 1. The molecule has 1 fully saturated rings. The van der Waals surface area contributed by atoms with Gasteiger partial charge in [0, 0.05) is 25.8 Å². The summed E-state index contributed by atoms with van der Waals surface area (Å²) in [6.07, 6.45) is 1.02. The lowest BCUT2D eigenvalue weighted by atomic mass is 10.2. The van der Waals surface area contributed by atoms with Gasteiger partial charge in [0.1, 0.15) is 6.10 Å². The number of likely N-dealkylation sites (N-methyl/N-ethyl adjacent to an activating group) is 1. The molecule has 1 aliphatic rings. The normalized spacial score (nSPS) is 19.5. The smallest absolute Gasteiger partial charge is 0.251 e. The quantitative estimate of drug-likeness (QED) is 0.367. The molecule has 0 aliphatic carbocycles. The Kier molecular flexibility index (Phi) is 8.93. The molecule has 2 rings (SSSR count). The number of rotatable bonds is 6. The maximum absolute atomic E-state index is 11.9. The lowest BCUT2D eigenvalue weighted by molar-refractivity contribution is -0.140. The number of carbonyl (C=O) groups is 1. The number of hydrogen-bond donors (Lipinski definition) is 2. The Bertz CT molecular complexity index is 639. The molecule has 2 atom stereocenters. The van der Waals surface area contributed by atoms with Gasteiger partial charge in [-0.05, 0) is 25.0 Å². The van der Waals surface area contributed by atoms with Crippen molar-refractivity contribution in [2.75, 3.05) is 40.2 Å². The molecule has 9 heteroatoms. The van der Waals surface area contributed by atoms with Gasteiger partial charge >= 0.3 is 0 Å². The highest BCUT2D eigenvalue weighted by Gasteiger charge is 2.31. The van der Waals surface area contributed by atoms with Crippen molar-refractivity contribution in [2.24, 2.45) is 10.7 Å². The van der Waals surface area contributed by atoms with Crippen LogP contribution in [0.1, 0.15) is 12.8 Å². The maximum Gasteiger partial charge on any atom is 0.251 e. The molecule has 26 heavy (non-hydrogen) atoms. The summed E-state index contributed by atoms with van der Waals surface area (Å²) in [5.74, 6) is 1.50. The molecule has 2 unspecified atom stereocenters. The van der Waals surface area contributed by atoms with E-state index in [2.05, 4.69) is 10.3 Å². The Balaban J connectivity index is 0.00000338. The number of aliphatic imine (C=N–C) groups is 1. The maximum atomic E-state index is 11.9. The Morgan fingerprint density at radius 1 is 1.31 bits per heavy atom. The topological polar surface area (TPSA) is 98.4 Å². The van der Waals surface area contributed by atoms with Crippen LogP contribution < -0.4 is 20.5 Å². The fraction of sp³-hybridized carbons (Fsp3) is 0.529. The molecule has 0 bridgehead atoms. The van der Waals surface area contributed by atoms with Crippen LogP contribution in [0.2, 0.25) is 0 Å². The van der Waals surface area contributed by atoms with E-state index in [1.165, 1.54) is 0 Å². The number of nitrogens with two attached hydrogens (primary N) is 1. The fourth-order valence-corrected chi connectivity index (χ4v) is 2.61. The molecule has 1 saturated heterocycles. The van der Waals surface area contributed by atoms with Crippen LogP contribution in [-0.2, 0) is 9.53 Å². The highest BCUT2D eigenvalue weighted by Crippen LogP contribution is 2.29. The molecule has 1 aromatic rings. The van der Waals surface area contributed by atoms with Crippen molar-refractivity contribution in [3.05, 3.63) is 18.2 Å². The minimum absolute atomic E-state index is 0. The van der Waals surface area contributed by atoms with Crippen LogP contribution in [0.15, 0.2) is 23.2 Å². The number of hydrogen-bond acceptors (Lipinski definition) is 5. The van der Waals surface area contributed by atoms with E-state index in [9.17, 15) is 4.79 Å². The van der Waals surface area contributed by atoms with Gasteiger partial charge in [-0.15, -0.1) is 24.0 Å². The van der Waals surface area contributed by atoms with Crippen LogP contribution in [-0.4, -0.2) is 63.8 Å². The number of guanidine groups is 1. The molecule has 3 N–H and O–H groups in total. The summed E-state index contributed by atoms with van der Waals surface area (Å²) in [6, 6.07) is 5.38. The molecule has 1 heterocycles. The van der Waals surface area contributed by atoms with Gasteiger partial charge in [-0.25, -0.2) is 0 Å². The monoisotopic (exact) mass is 478 g/mol. The predicted molar refractivity (Wildman–Crippen MR) is 112 cm³/mol. The number of anilines is 1. The van der Waals surface area contributed by atoms with Crippen LogP contribution in [0, 0.1) is 0 Å². The van der Waals surface area contributed by atoms with Crippen LogP contribution in [0.3, 0.4) is 0 Å². The average Bonchev–Trinajstić information content (AvgIpc) is 3.08. The third-order valence-corrected chi connectivity index (χ3v) is 3.94. The SMILES string of the molecule is COc1ccc(NC(N)=NCC2CCC(C(=O)N(C)C)O2)cc1OC.I. The molecule has 0 saturated carbocycles. The van der Waals surface area contributed by atoms with Crippen LogP contribution in [0.5, 0.6) is 11.5 Å². The highest BCUT2D eigenvalue weighted by atomic mass is 127. The second kappa shape index (κ2) is 10.4. The third kappa shape index (κ3) is 5.90. The van der Waals surface area contributed by atoms with Crippen LogP contribution in [0.4, 0.5) is 5.69 Å². The summed E-state index contributed by atoms with van der Waals surface area (Å²) < 4.78 is 16.2. The van der Waals surface area contributed by atoms with Crippen molar-refractivity contribution >= 4 is 41.5 Å². The average molecular weight is 478 g/mol. The lowest BCUT2D eigenvalue weighted by Gasteiger charge is -2.16. The molecule has 1 aromatic carbocycles. The van der Waals surface area contributed by atoms with Crippen molar-refractivity contribution in [2.45, 2.75) is 25.0 Å². The van der Waals surface area contributed by atoms with E-state index in [0.29, 0.717) is 24.5 Å². The summed E-state index contributed by atoms with van der Waals surface area (Å²) in [7, 11) is 6.60. The number of halogens is 1. The van der Waals surface area contributed by atoms with Crippen LogP contribution >= 0.6 is 24.0 Å². The lowest BCUT2D eigenvalue weighted by Crippen LogP contribution is -2.34. The molecule has 0 aromatic heterocycles. The molecule has 1 aliphatic heterocycles. The zero-order valence-corrected chi connectivity index (χ0v) is 17.9. The molecule has 0 spiro atoms. The molecule has 146 valence electrons. The van der Waals surface area contributed by atoms with Gasteiger partial charge in [0.15, 0.2) is 17.5 Å². The number of methoxy groups -OCH3 is 2. The summed E-state index contributed by atoms with van der Waals surface area (Å²) in [5, 5.41) is 3.01. The van der Waals surface area contributed by atoms with Gasteiger partial charge in [-0.1, -0.05) is 0 Å². The Hall–Kier alpha value is -1.75. The Morgan fingerprint density at radius 3 is 2.62 bits per heavy atom. The van der Waals surface area contributed by atoms with Crippen molar-refractivity contribution in [3.8, 4) is 11.5 Å². The fourth-order valence-electron chi connectivity index (χ4n) is 2.61.